The van der Waals surface area contributed by atoms with Crippen LogP contribution in [0.25, 0.3) is 0 Å². The lowest BCUT2D eigenvalue weighted by Crippen LogP contribution is -2.52. The third-order valence-electron chi connectivity index (χ3n) is 9.13. The molecule has 0 radical (unpaired) electrons. The highest BCUT2D eigenvalue weighted by Gasteiger charge is 2.45. The first-order valence-electron chi connectivity index (χ1n) is 14.3. The standard InChI is InChI=1S/C31H39N3O4/c35-26(19-33-14-9-22-5-1-2-6-24(22)18-33)20-34-21-31(12-3-4-13-31)28-8-7-25(17-27(28)30(34)37)32-29(36)23-10-15-38-16-11-23/h1-2,5-8,17,23,26,35H,3-4,9-16,18-21H2,(H,32,36)/t26-/m1/s1. The fraction of sp³-hybridized carbons (Fsp3) is 0.548. The van der Waals surface area contributed by atoms with Crippen molar-refractivity contribution in [3.05, 3.63) is 64.7 Å². The number of carbonyl (C=O) groups excluding carboxylic acids is 2. The Kier molecular flexibility index (Phi) is 7.25. The van der Waals surface area contributed by atoms with Gasteiger partial charge in [0.15, 0.2) is 0 Å². The van der Waals surface area contributed by atoms with Crippen molar-refractivity contribution in [3.8, 4) is 0 Å². The maximum Gasteiger partial charge on any atom is 0.254 e. The fourth-order valence-electron chi connectivity index (χ4n) is 7.11. The number of nitrogens with zero attached hydrogens (tertiary/aromatic N) is 2. The molecule has 3 aliphatic heterocycles. The van der Waals surface area contributed by atoms with Crippen molar-refractivity contribution in [1.29, 1.82) is 0 Å². The summed E-state index contributed by atoms with van der Waals surface area (Å²) in [4.78, 5) is 30.8. The molecule has 4 aliphatic rings. The van der Waals surface area contributed by atoms with Crippen LogP contribution in [-0.4, -0.2) is 72.2 Å². The summed E-state index contributed by atoms with van der Waals surface area (Å²) in [7, 11) is 0. The summed E-state index contributed by atoms with van der Waals surface area (Å²) in [5.74, 6) is -0.0877. The summed E-state index contributed by atoms with van der Waals surface area (Å²) >= 11 is 0. The molecule has 0 aromatic heterocycles. The van der Waals surface area contributed by atoms with Crippen LogP contribution in [0.5, 0.6) is 0 Å². The zero-order chi connectivity index (χ0) is 26.1. The molecule has 2 fully saturated rings. The van der Waals surface area contributed by atoms with Gasteiger partial charge in [0.25, 0.3) is 5.91 Å². The Hall–Kier alpha value is -2.74. The summed E-state index contributed by atoms with van der Waals surface area (Å²) in [6.45, 7) is 4.53. The molecule has 1 atom stereocenters. The molecule has 3 heterocycles. The van der Waals surface area contributed by atoms with Gasteiger partial charge in [-0.3, -0.25) is 14.5 Å². The second kappa shape index (κ2) is 10.8. The van der Waals surface area contributed by atoms with Gasteiger partial charge in [-0.25, -0.2) is 0 Å². The summed E-state index contributed by atoms with van der Waals surface area (Å²) in [5, 5.41) is 14.2. The molecule has 2 aromatic carbocycles. The number of aliphatic hydroxyl groups is 1. The Morgan fingerprint density at radius 3 is 2.63 bits per heavy atom. The van der Waals surface area contributed by atoms with Crippen molar-refractivity contribution >= 4 is 17.5 Å². The number of carbonyl (C=O) groups is 2. The smallest absolute Gasteiger partial charge is 0.254 e. The molecule has 7 nitrogen and oxygen atoms in total. The van der Waals surface area contributed by atoms with Crippen molar-refractivity contribution in [2.75, 3.05) is 44.7 Å². The first-order chi connectivity index (χ1) is 18.5. The van der Waals surface area contributed by atoms with E-state index in [1.807, 2.05) is 17.0 Å². The first kappa shape index (κ1) is 25.5. The Bertz CT molecular complexity index is 1190. The van der Waals surface area contributed by atoms with Gasteiger partial charge in [0, 0.05) is 68.5 Å². The van der Waals surface area contributed by atoms with Crippen molar-refractivity contribution in [1.82, 2.24) is 9.80 Å². The van der Waals surface area contributed by atoms with Crippen molar-refractivity contribution in [2.45, 2.75) is 63.0 Å². The lowest BCUT2D eigenvalue weighted by Gasteiger charge is -2.43. The molecule has 6 rings (SSSR count). The SMILES string of the molecule is O=C(Nc1ccc2c(c1)C(=O)N(C[C@H](O)CN1CCc3ccccc3C1)CC21CCCC1)C1CCOCC1. The molecule has 38 heavy (non-hydrogen) atoms. The normalized spacial score (nSPS) is 22.2. The summed E-state index contributed by atoms with van der Waals surface area (Å²) in [5.41, 5.74) is 5.13. The highest BCUT2D eigenvalue weighted by atomic mass is 16.5. The van der Waals surface area contributed by atoms with Gasteiger partial charge < -0.3 is 20.1 Å². The minimum Gasteiger partial charge on any atom is -0.390 e. The maximum absolute atomic E-state index is 13.8. The maximum atomic E-state index is 13.8. The molecule has 0 bridgehead atoms. The Morgan fingerprint density at radius 2 is 1.84 bits per heavy atom. The number of β-amino-alcohol motifs (C(OH)–C–C–N with tert-alkyl or cyclic N) is 1. The summed E-state index contributed by atoms with van der Waals surface area (Å²) in [6, 6.07) is 14.4. The summed E-state index contributed by atoms with van der Waals surface area (Å²) < 4.78 is 5.40. The molecule has 1 saturated heterocycles. The van der Waals surface area contributed by atoms with Crippen LogP contribution in [0.15, 0.2) is 42.5 Å². The van der Waals surface area contributed by atoms with E-state index in [-0.39, 0.29) is 23.1 Å². The lowest BCUT2D eigenvalue weighted by molar-refractivity contribution is -0.122. The van der Waals surface area contributed by atoms with Crippen LogP contribution in [-0.2, 0) is 27.9 Å². The minimum absolute atomic E-state index is 0.00229. The predicted octanol–water partition coefficient (Wildman–Crippen LogP) is 3.74. The topological polar surface area (TPSA) is 82.1 Å². The Morgan fingerprint density at radius 1 is 1.08 bits per heavy atom. The number of amides is 2. The number of rotatable bonds is 6. The van der Waals surface area contributed by atoms with Gasteiger partial charge in [-0.15, -0.1) is 0 Å². The third kappa shape index (κ3) is 5.12. The monoisotopic (exact) mass is 517 g/mol. The van der Waals surface area contributed by atoms with E-state index in [1.54, 1.807) is 0 Å². The van der Waals surface area contributed by atoms with E-state index in [4.69, 9.17) is 4.74 Å². The van der Waals surface area contributed by atoms with E-state index in [0.717, 1.165) is 63.6 Å². The average Bonchev–Trinajstić information content (AvgIpc) is 3.41. The zero-order valence-corrected chi connectivity index (χ0v) is 22.2. The van der Waals surface area contributed by atoms with Crippen LogP contribution in [0.3, 0.4) is 0 Å². The fourth-order valence-corrected chi connectivity index (χ4v) is 7.11. The van der Waals surface area contributed by atoms with Crippen LogP contribution in [0.1, 0.15) is 65.6 Å². The number of hydrogen-bond donors (Lipinski definition) is 2. The van der Waals surface area contributed by atoms with E-state index >= 15 is 0 Å². The third-order valence-corrected chi connectivity index (χ3v) is 9.13. The van der Waals surface area contributed by atoms with Crippen molar-refractivity contribution < 1.29 is 19.4 Å². The molecule has 2 aromatic rings. The van der Waals surface area contributed by atoms with E-state index in [9.17, 15) is 14.7 Å². The van der Waals surface area contributed by atoms with Gasteiger partial charge in [-0.2, -0.15) is 0 Å². The molecular formula is C31H39N3O4. The molecule has 2 N–H and O–H groups in total. The number of aliphatic hydroxyl groups excluding tert-OH is 1. The van der Waals surface area contributed by atoms with Gasteiger partial charge in [0.05, 0.1) is 6.10 Å². The molecule has 1 aliphatic carbocycles. The molecule has 7 heteroatoms. The van der Waals surface area contributed by atoms with Crippen molar-refractivity contribution in [3.63, 3.8) is 0 Å². The lowest BCUT2D eigenvalue weighted by atomic mass is 9.73. The van der Waals surface area contributed by atoms with Gasteiger partial charge >= 0.3 is 0 Å². The molecule has 1 saturated carbocycles. The predicted molar refractivity (Wildman–Crippen MR) is 146 cm³/mol. The zero-order valence-electron chi connectivity index (χ0n) is 22.2. The average molecular weight is 518 g/mol. The molecule has 2 amide bonds. The van der Waals surface area contributed by atoms with Gasteiger partial charge in [-0.05, 0) is 60.9 Å². The highest BCUT2D eigenvalue weighted by molar-refractivity contribution is 6.00. The number of ether oxygens (including phenoxy) is 1. The van der Waals surface area contributed by atoms with Crippen LogP contribution in [0, 0.1) is 5.92 Å². The number of anilines is 1. The number of fused-ring (bicyclic) bond motifs is 3. The van der Waals surface area contributed by atoms with Gasteiger partial charge in [0.2, 0.25) is 5.91 Å². The van der Waals surface area contributed by atoms with Crippen LogP contribution in [0.4, 0.5) is 5.69 Å². The van der Waals surface area contributed by atoms with Crippen LogP contribution in [0.2, 0.25) is 0 Å². The molecule has 0 unspecified atom stereocenters. The van der Waals surface area contributed by atoms with E-state index < -0.39 is 6.10 Å². The van der Waals surface area contributed by atoms with Gasteiger partial charge in [0.1, 0.15) is 0 Å². The van der Waals surface area contributed by atoms with E-state index in [2.05, 4.69) is 40.5 Å². The van der Waals surface area contributed by atoms with Crippen LogP contribution < -0.4 is 5.32 Å². The number of hydrogen-bond acceptors (Lipinski definition) is 5. The van der Waals surface area contributed by atoms with Crippen LogP contribution >= 0.6 is 0 Å². The minimum atomic E-state index is -0.611. The first-order valence-corrected chi connectivity index (χ1v) is 14.3. The largest absolute Gasteiger partial charge is 0.390 e. The van der Waals surface area contributed by atoms with Gasteiger partial charge in [-0.1, -0.05) is 43.2 Å². The molecule has 202 valence electrons. The Balaban J connectivity index is 1.17. The highest BCUT2D eigenvalue weighted by Crippen LogP contribution is 2.46. The Labute approximate surface area is 225 Å². The number of nitrogens with one attached hydrogen (secondary N) is 1. The van der Waals surface area contributed by atoms with Crippen molar-refractivity contribution in [2.24, 2.45) is 5.92 Å². The quantitative estimate of drug-likeness (QED) is 0.610. The second-order valence-corrected chi connectivity index (χ2v) is 11.7. The van der Waals surface area contributed by atoms with E-state index in [1.165, 1.54) is 11.1 Å². The summed E-state index contributed by atoms with van der Waals surface area (Å²) in [6.07, 6.45) is 6.25. The number of benzene rings is 2. The van der Waals surface area contributed by atoms with E-state index in [0.29, 0.717) is 44.1 Å². The second-order valence-electron chi connectivity index (χ2n) is 11.7. The molecular weight excluding hydrogens is 478 g/mol. The molecule has 1 spiro atoms.